The average molecular weight is 499 g/mol. The second kappa shape index (κ2) is 11.0. The van der Waals surface area contributed by atoms with Gasteiger partial charge in [0.25, 0.3) is 0 Å². The largest absolute Gasteiger partial charge is 0.493 e. The van der Waals surface area contributed by atoms with Crippen molar-refractivity contribution >= 4 is 5.69 Å². The summed E-state index contributed by atoms with van der Waals surface area (Å²) in [6.07, 6.45) is 0. The number of para-hydroxylation sites is 1. The Hall–Kier alpha value is -3.91. The van der Waals surface area contributed by atoms with Gasteiger partial charge in [-0.2, -0.15) is 0 Å². The summed E-state index contributed by atoms with van der Waals surface area (Å²) in [7, 11) is 3.35. The summed E-state index contributed by atoms with van der Waals surface area (Å²) in [5.41, 5.74) is 6.03. The van der Waals surface area contributed by atoms with E-state index in [0.717, 1.165) is 43.1 Å². The van der Waals surface area contributed by atoms with Gasteiger partial charge in [0.15, 0.2) is 17.3 Å². The minimum absolute atomic E-state index is 0.190. The SMILES string of the molecule is COc1cccc([C@H](c2nnnn2Cc2ccccc2)N2CCN(c3cc(C)ccc3C)CC2)c1OC. The number of methoxy groups -OCH3 is 2. The van der Waals surface area contributed by atoms with E-state index in [-0.39, 0.29) is 6.04 Å². The highest BCUT2D eigenvalue weighted by molar-refractivity contribution is 5.55. The highest BCUT2D eigenvalue weighted by atomic mass is 16.5. The Kier molecular flexibility index (Phi) is 7.37. The van der Waals surface area contributed by atoms with Crippen molar-refractivity contribution in [2.75, 3.05) is 45.3 Å². The third-order valence-corrected chi connectivity index (χ3v) is 7.09. The van der Waals surface area contributed by atoms with Crippen LogP contribution < -0.4 is 14.4 Å². The number of aryl methyl sites for hydroxylation is 2. The maximum absolute atomic E-state index is 5.87. The minimum atomic E-state index is -0.190. The second-order valence-corrected chi connectivity index (χ2v) is 9.48. The van der Waals surface area contributed by atoms with Crippen LogP contribution >= 0.6 is 0 Å². The van der Waals surface area contributed by atoms with Crippen LogP contribution in [0.2, 0.25) is 0 Å². The Morgan fingerprint density at radius 2 is 1.65 bits per heavy atom. The van der Waals surface area contributed by atoms with Gasteiger partial charge in [0.05, 0.1) is 20.8 Å². The second-order valence-electron chi connectivity index (χ2n) is 9.48. The molecule has 0 saturated carbocycles. The lowest BCUT2D eigenvalue weighted by atomic mass is 10.0. The summed E-state index contributed by atoms with van der Waals surface area (Å²) in [6.45, 7) is 8.46. The van der Waals surface area contributed by atoms with Crippen molar-refractivity contribution in [3.05, 3.63) is 94.8 Å². The first-order valence-corrected chi connectivity index (χ1v) is 12.7. The Labute approximate surface area is 218 Å². The number of hydrogen-bond donors (Lipinski definition) is 0. The van der Waals surface area contributed by atoms with E-state index in [4.69, 9.17) is 9.47 Å². The lowest BCUT2D eigenvalue weighted by Crippen LogP contribution is -2.48. The van der Waals surface area contributed by atoms with Crippen LogP contribution in [0.25, 0.3) is 0 Å². The summed E-state index contributed by atoms with van der Waals surface area (Å²) in [4.78, 5) is 4.93. The predicted molar refractivity (Wildman–Crippen MR) is 144 cm³/mol. The Morgan fingerprint density at radius 3 is 2.38 bits per heavy atom. The van der Waals surface area contributed by atoms with Crippen LogP contribution in [0.3, 0.4) is 0 Å². The summed E-state index contributed by atoms with van der Waals surface area (Å²) in [5.74, 6) is 2.19. The molecule has 1 aliphatic heterocycles. The topological polar surface area (TPSA) is 68.5 Å². The summed E-state index contributed by atoms with van der Waals surface area (Å²) in [6, 6.07) is 22.8. The van der Waals surface area contributed by atoms with Crippen molar-refractivity contribution in [1.82, 2.24) is 25.1 Å². The molecule has 0 spiro atoms. The summed E-state index contributed by atoms with van der Waals surface area (Å²) >= 11 is 0. The minimum Gasteiger partial charge on any atom is -0.493 e. The van der Waals surface area contributed by atoms with Crippen molar-refractivity contribution in [1.29, 1.82) is 0 Å². The lowest BCUT2D eigenvalue weighted by Gasteiger charge is -2.40. The molecule has 8 heteroatoms. The van der Waals surface area contributed by atoms with Crippen molar-refractivity contribution in [2.45, 2.75) is 26.4 Å². The number of anilines is 1. The van der Waals surface area contributed by atoms with E-state index < -0.39 is 0 Å². The quantitative estimate of drug-likeness (QED) is 0.359. The number of aromatic nitrogens is 4. The molecule has 37 heavy (non-hydrogen) atoms. The van der Waals surface area contributed by atoms with Crippen LogP contribution in [0.1, 0.15) is 34.1 Å². The normalized spacial score (nSPS) is 15.0. The van der Waals surface area contributed by atoms with Crippen molar-refractivity contribution < 1.29 is 9.47 Å². The average Bonchev–Trinajstić information content (AvgIpc) is 3.38. The molecule has 0 amide bonds. The monoisotopic (exact) mass is 498 g/mol. The van der Waals surface area contributed by atoms with Gasteiger partial charge in [0.1, 0.15) is 6.04 Å². The third-order valence-electron chi connectivity index (χ3n) is 7.09. The van der Waals surface area contributed by atoms with Gasteiger partial charge in [-0.3, -0.25) is 4.90 Å². The van der Waals surface area contributed by atoms with E-state index in [2.05, 4.69) is 75.6 Å². The molecule has 1 aromatic heterocycles. The van der Waals surface area contributed by atoms with E-state index in [9.17, 15) is 0 Å². The van der Waals surface area contributed by atoms with E-state index in [1.54, 1.807) is 14.2 Å². The van der Waals surface area contributed by atoms with Gasteiger partial charge in [-0.15, -0.1) is 5.10 Å². The molecule has 1 fully saturated rings. The first kappa shape index (κ1) is 24.8. The zero-order valence-corrected chi connectivity index (χ0v) is 22.0. The maximum Gasteiger partial charge on any atom is 0.173 e. The van der Waals surface area contributed by atoms with Crippen LogP contribution in [-0.4, -0.2) is 65.5 Å². The highest BCUT2D eigenvalue weighted by Gasteiger charge is 2.33. The van der Waals surface area contributed by atoms with E-state index >= 15 is 0 Å². The summed E-state index contributed by atoms with van der Waals surface area (Å²) < 4.78 is 13.4. The van der Waals surface area contributed by atoms with Gasteiger partial charge in [-0.25, -0.2) is 4.68 Å². The molecule has 1 saturated heterocycles. The number of benzene rings is 3. The first-order valence-electron chi connectivity index (χ1n) is 12.7. The molecule has 2 heterocycles. The first-order chi connectivity index (χ1) is 18.1. The van der Waals surface area contributed by atoms with Crippen LogP contribution in [-0.2, 0) is 6.54 Å². The van der Waals surface area contributed by atoms with Gasteiger partial charge >= 0.3 is 0 Å². The third kappa shape index (κ3) is 5.15. The number of ether oxygens (including phenoxy) is 2. The number of rotatable bonds is 8. The molecule has 192 valence electrons. The van der Waals surface area contributed by atoms with Gasteiger partial charge in [-0.05, 0) is 53.1 Å². The van der Waals surface area contributed by atoms with Gasteiger partial charge in [-0.1, -0.05) is 54.6 Å². The molecule has 0 unspecified atom stereocenters. The smallest absolute Gasteiger partial charge is 0.173 e. The Balaban J connectivity index is 1.50. The number of tetrazole rings is 1. The Morgan fingerprint density at radius 1 is 0.865 bits per heavy atom. The fourth-order valence-corrected chi connectivity index (χ4v) is 5.18. The molecule has 4 aromatic rings. The lowest BCUT2D eigenvalue weighted by molar-refractivity contribution is 0.197. The number of hydrogen-bond acceptors (Lipinski definition) is 7. The molecule has 5 rings (SSSR count). The molecule has 0 radical (unpaired) electrons. The predicted octanol–water partition coefficient (Wildman–Crippen LogP) is 4.27. The van der Waals surface area contributed by atoms with Crippen LogP contribution in [0.4, 0.5) is 5.69 Å². The molecule has 1 atom stereocenters. The molecule has 0 N–H and O–H groups in total. The molecule has 0 aliphatic carbocycles. The highest BCUT2D eigenvalue weighted by Crippen LogP contribution is 2.40. The number of piperazine rings is 1. The summed E-state index contributed by atoms with van der Waals surface area (Å²) in [5, 5.41) is 13.0. The van der Waals surface area contributed by atoms with Crippen molar-refractivity contribution in [3.8, 4) is 11.5 Å². The molecule has 3 aromatic carbocycles. The van der Waals surface area contributed by atoms with E-state index in [0.29, 0.717) is 18.0 Å². The molecule has 0 bridgehead atoms. The molecular weight excluding hydrogens is 464 g/mol. The molecule has 8 nitrogen and oxygen atoms in total. The van der Waals surface area contributed by atoms with Crippen molar-refractivity contribution in [3.63, 3.8) is 0 Å². The molecule has 1 aliphatic rings. The van der Waals surface area contributed by atoms with Crippen molar-refractivity contribution in [2.24, 2.45) is 0 Å². The van der Waals surface area contributed by atoms with Gasteiger partial charge in [0.2, 0.25) is 0 Å². The van der Waals surface area contributed by atoms with Crippen LogP contribution in [0.5, 0.6) is 11.5 Å². The van der Waals surface area contributed by atoms with Crippen LogP contribution in [0, 0.1) is 13.8 Å². The zero-order chi connectivity index (χ0) is 25.8. The van der Waals surface area contributed by atoms with Gasteiger partial charge in [0, 0.05) is 37.4 Å². The Bertz CT molecular complexity index is 1330. The van der Waals surface area contributed by atoms with Crippen LogP contribution in [0.15, 0.2) is 66.7 Å². The number of nitrogens with zero attached hydrogens (tertiary/aromatic N) is 6. The van der Waals surface area contributed by atoms with E-state index in [1.807, 2.05) is 35.0 Å². The fraction of sp³-hybridized carbons (Fsp3) is 0.345. The van der Waals surface area contributed by atoms with Gasteiger partial charge < -0.3 is 14.4 Å². The fourth-order valence-electron chi connectivity index (χ4n) is 5.18. The molecular formula is C29H34N6O2. The zero-order valence-electron chi connectivity index (χ0n) is 22.0. The standard InChI is InChI=1S/C29H34N6O2/c1-21-13-14-22(2)25(19-21)33-15-17-34(18-16-33)27(24-11-8-12-26(36-3)28(24)37-4)29-30-31-32-35(29)20-23-9-6-5-7-10-23/h5-14,19,27H,15-18,20H2,1-4H3/t27-/m1/s1. The van der Waals surface area contributed by atoms with E-state index in [1.165, 1.54) is 16.8 Å². The maximum atomic E-state index is 5.87.